The zero-order valence-electron chi connectivity index (χ0n) is 12.0. The number of hydrogen-bond donors (Lipinski definition) is 9. The SMILES string of the molecule is NC1C(OC2C(O)C(O)C(O)C(O)C2O)OC(CO)C(O)C1O. The van der Waals surface area contributed by atoms with E-state index >= 15 is 0 Å². The summed E-state index contributed by atoms with van der Waals surface area (Å²) < 4.78 is 10.4. The molecule has 1 heterocycles. The van der Waals surface area contributed by atoms with E-state index in [0.29, 0.717) is 0 Å². The van der Waals surface area contributed by atoms with Crippen molar-refractivity contribution in [3.8, 4) is 0 Å². The van der Waals surface area contributed by atoms with Gasteiger partial charge in [0.25, 0.3) is 0 Å². The summed E-state index contributed by atoms with van der Waals surface area (Å²) in [5, 5.41) is 77.1. The maximum Gasteiger partial charge on any atom is 0.176 e. The minimum Gasteiger partial charge on any atom is -0.394 e. The predicted octanol–water partition coefficient (Wildman–Crippen LogP) is -6.04. The number of rotatable bonds is 3. The van der Waals surface area contributed by atoms with Gasteiger partial charge >= 0.3 is 0 Å². The highest BCUT2D eigenvalue weighted by Gasteiger charge is 2.52. The Morgan fingerprint density at radius 1 is 0.739 bits per heavy atom. The minimum atomic E-state index is -1.79. The van der Waals surface area contributed by atoms with E-state index in [1.807, 2.05) is 0 Å². The van der Waals surface area contributed by atoms with Crippen molar-refractivity contribution in [3.63, 3.8) is 0 Å². The first kappa shape index (κ1) is 18.9. The Kier molecular flexibility index (Phi) is 5.92. The molecular weight excluding hydrogens is 318 g/mol. The van der Waals surface area contributed by atoms with Crippen LogP contribution in [-0.4, -0.2) is 115 Å². The number of hydrogen-bond acceptors (Lipinski definition) is 11. The van der Waals surface area contributed by atoms with Crippen LogP contribution in [0.1, 0.15) is 0 Å². The van der Waals surface area contributed by atoms with Crippen LogP contribution in [0.3, 0.4) is 0 Å². The lowest BCUT2D eigenvalue weighted by Gasteiger charge is -2.46. The van der Waals surface area contributed by atoms with Crippen molar-refractivity contribution in [3.05, 3.63) is 0 Å². The van der Waals surface area contributed by atoms with Gasteiger partial charge in [0.2, 0.25) is 0 Å². The third kappa shape index (κ3) is 3.36. The summed E-state index contributed by atoms with van der Waals surface area (Å²) in [4.78, 5) is 0. The quantitative estimate of drug-likeness (QED) is 0.236. The third-order valence-corrected chi connectivity index (χ3v) is 4.29. The minimum absolute atomic E-state index is 0.648. The summed E-state index contributed by atoms with van der Waals surface area (Å²) >= 11 is 0. The maximum absolute atomic E-state index is 9.89. The number of aliphatic hydroxyl groups excluding tert-OH is 8. The Balaban J connectivity index is 2.13. The van der Waals surface area contributed by atoms with E-state index in [-0.39, 0.29) is 0 Å². The van der Waals surface area contributed by atoms with E-state index in [4.69, 9.17) is 20.3 Å². The van der Waals surface area contributed by atoms with Gasteiger partial charge in [0.1, 0.15) is 54.9 Å². The molecule has 0 radical (unpaired) electrons. The second-order valence-corrected chi connectivity index (χ2v) is 5.84. The molecule has 0 amide bonds. The largest absolute Gasteiger partial charge is 0.394 e. The van der Waals surface area contributed by atoms with Crippen LogP contribution >= 0.6 is 0 Å². The van der Waals surface area contributed by atoms with Gasteiger partial charge in [-0.1, -0.05) is 0 Å². The lowest BCUT2D eigenvalue weighted by molar-refractivity contribution is -0.316. The summed E-state index contributed by atoms with van der Waals surface area (Å²) in [6.07, 6.45) is -16.1. The van der Waals surface area contributed by atoms with Crippen LogP contribution < -0.4 is 5.73 Å². The average Bonchev–Trinajstić information content (AvgIpc) is 2.54. The van der Waals surface area contributed by atoms with Gasteiger partial charge in [0, 0.05) is 0 Å². The van der Waals surface area contributed by atoms with Gasteiger partial charge < -0.3 is 56.1 Å². The van der Waals surface area contributed by atoms with Gasteiger partial charge in [-0.15, -0.1) is 0 Å². The zero-order valence-corrected chi connectivity index (χ0v) is 12.0. The third-order valence-electron chi connectivity index (χ3n) is 4.29. The Labute approximate surface area is 131 Å². The molecular formula is C12H23NO10. The first-order valence-corrected chi connectivity index (χ1v) is 7.14. The number of aliphatic hydroxyl groups is 8. The highest BCUT2D eigenvalue weighted by atomic mass is 16.7. The second kappa shape index (κ2) is 7.21. The molecule has 1 saturated heterocycles. The fourth-order valence-corrected chi connectivity index (χ4v) is 2.74. The van der Waals surface area contributed by atoms with E-state index < -0.39 is 73.9 Å². The summed E-state index contributed by atoms with van der Waals surface area (Å²) in [6, 6.07) is -1.28. The van der Waals surface area contributed by atoms with Crippen LogP contribution in [0.2, 0.25) is 0 Å². The number of ether oxygens (including phenoxy) is 2. The molecule has 0 aromatic heterocycles. The van der Waals surface area contributed by atoms with Gasteiger partial charge in [-0.3, -0.25) is 0 Å². The van der Waals surface area contributed by atoms with Crippen LogP contribution in [0.5, 0.6) is 0 Å². The van der Waals surface area contributed by atoms with E-state index in [0.717, 1.165) is 0 Å². The van der Waals surface area contributed by atoms with Crippen molar-refractivity contribution in [2.45, 2.75) is 67.3 Å². The summed E-state index contributed by atoms with van der Waals surface area (Å²) in [5.41, 5.74) is 5.66. The highest BCUT2D eigenvalue weighted by molar-refractivity contribution is 5.00. The molecule has 0 bridgehead atoms. The van der Waals surface area contributed by atoms with Crippen LogP contribution in [0.25, 0.3) is 0 Å². The Hall–Kier alpha value is -0.440. The van der Waals surface area contributed by atoms with Gasteiger partial charge in [-0.05, 0) is 0 Å². The molecule has 10 N–H and O–H groups in total. The van der Waals surface area contributed by atoms with E-state index in [1.54, 1.807) is 0 Å². The Morgan fingerprint density at radius 2 is 1.22 bits per heavy atom. The first-order chi connectivity index (χ1) is 10.7. The van der Waals surface area contributed by atoms with Gasteiger partial charge in [-0.2, -0.15) is 0 Å². The topological polar surface area (TPSA) is 206 Å². The normalized spacial score (nSPS) is 54.9. The van der Waals surface area contributed by atoms with Crippen LogP contribution in [0.15, 0.2) is 0 Å². The van der Waals surface area contributed by atoms with Gasteiger partial charge in [0.15, 0.2) is 6.29 Å². The smallest absolute Gasteiger partial charge is 0.176 e. The highest BCUT2D eigenvalue weighted by Crippen LogP contribution is 2.28. The molecule has 9 atom stereocenters. The molecule has 1 aliphatic heterocycles. The van der Waals surface area contributed by atoms with Crippen LogP contribution in [0.4, 0.5) is 0 Å². The molecule has 11 heteroatoms. The van der Waals surface area contributed by atoms with Crippen molar-refractivity contribution in [2.24, 2.45) is 5.73 Å². The molecule has 1 saturated carbocycles. The fourth-order valence-electron chi connectivity index (χ4n) is 2.74. The molecule has 2 rings (SSSR count). The molecule has 9 unspecified atom stereocenters. The first-order valence-electron chi connectivity index (χ1n) is 7.14. The van der Waals surface area contributed by atoms with E-state index in [1.165, 1.54) is 0 Å². The average molecular weight is 341 g/mol. The lowest BCUT2D eigenvalue weighted by Crippen LogP contribution is -2.68. The molecule has 136 valence electrons. The zero-order chi connectivity index (χ0) is 17.5. The Bertz CT molecular complexity index is 382. The monoisotopic (exact) mass is 341 g/mol. The van der Waals surface area contributed by atoms with Crippen molar-refractivity contribution >= 4 is 0 Å². The second-order valence-electron chi connectivity index (χ2n) is 5.84. The van der Waals surface area contributed by atoms with E-state index in [2.05, 4.69) is 0 Å². The van der Waals surface area contributed by atoms with Crippen LogP contribution in [0, 0.1) is 0 Å². The van der Waals surface area contributed by atoms with Crippen molar-refractivity contribution in [2.75, 3.05) is 6.61 Å². The molecule has 23 heavy (non-hydrogen) atoms. The molecule has 0 spiro atoms. The molecule has 2 aliphatic rings. The Morgan fingerprint density at radius 3 is 1.70 bits per heavy atom. The van der Waals surface area contributed by atoms with Crippen LogP contribution in [-0.2, 0) is 9.47 Å². The van der Waals surface area contributed by atoms with Crippen molar-refractivity contribution in [1.82, 2.24) is 0 Å². The summed E-state index contributed by atoms with van der Waals surface area (Å²) in [6.45, 7) is -0.648. The van der Waals surface area contributed by atoms with E-state index in [9.17, 15) is 35.7 Å². The lowest BCUT2D eigenvalue weighted by atomic mass is 9.84. The molecule has 11 nitrogen and oxygen atoms in total. The van der Waals surface area contributed by atoms with Gasteiger partial charge in [-0.25, -0.2) is 0 Å². The summed E-state index contributed by atoms with van der Waals surface area (Å²) in [7, 11) is 0. The standard InChI is InChI=1S/C12H23NO10/c13-3-5(16)4(15)2(1-14)22-12(3)23-11-9(20)7(18)6(17)8(19)10(11)21/h2-12,14-21H,1,13H2. The molecule has 1 aliphatic carbocycles. The maximum atomic E-state index is 9.89. The van der Waals surface area contributed by atoms with Crippen molar-refractivity contribution < 1.29 is 50.3 Å². The number of nitrogens with two attached hydrogens (primary N) is 1. The fraction of sp³-hybridized carbons (Fsp3) is 1.00. The van der Waals surface area contributed by atoms with Gasteiger partial charge in [0.05, 0.1) is 12.6 Å². The molecule has 0 aromatic rings. The predicted molar refractivity (Wildman–Crippen MR) is 70.6 cm³/mol. The van der Waals surface area contributed by atoms with Crippen molar-refractivity contribution in [1.29, 1.82) is 0 Å². The molecule has 2 fully saturated rings. The molecule has 0 aromatic carbocycles. The summed E-state index contributed by atoms with van der Waals surface area (Å²) in [5.74, 6) is 0.